The van der Waals surface area contributed by atoms with E-state index in [1.807, 2.05) is 25.1 Å². The first-order valence-corrected chi connectivity index (χ1v) is 16.7. The van der Waals surface area contributed by atoms with Gasteiger partial charge in [0.1, 0.15) is 24.1 Å². The first kappa shape index (κ1) is 33.8. The molecule has 45 heavy (non-hydrogen) atoms. The number of carbonyl (C=O) groups is 2. The number of benzene rings is 4. The van der Waals surface area contributed by atoms with Gasteiger partial charge in [0.2, 0.25) is 11.8 Å². The van der Waals surface area contributed by atoms with Crippen molar-refractivity contribution < 1.29 is 22.7 Å². The lowest BCUT2D eigenvalue weighted by Crippen LogP contribution is -2.52. The van der Waals surface area contributed by atoms with Crippen molar-refractivity contribution in [2.24, 2.45) is 0 Å². The third kappa shape index (κ3) is 8.57. The van der Waals surface area contributed by atoms with Crippen molar-refractivity contribution in [1.29, 1.82) is 0 Å². The molecule has 4 aromatic carbocycles. The quantitative estimate of drug-likeness (QED) is 0.162. The van der Waals surface area contributed by atoms with Gasteiger partial charge in [-0.1, -0.05) is 72.1 Å². The van der Waals surface area contributed by atoms with E-state index in [0.29, 0.717) is 40.1 Å². The van der Waals surface area contributed by atoms with E-state index in [1.165, 1.54) is 17.0 Å². The Morgan fingerprint density at radius 2 is 1.51 bits per heavy atom. The number of halogens is 2. The van der Waals surface area contributed by atoms with E-state index in [2.05, 4.69) is 5.32 Å². The molecule has 0 aromatic heterocycles. The van der Waals surface area contributed by atoms with E-state index >= 15 is 0 Å². The van der Waals surface area contributed by atoms with Gasteiger partial charge in [-0.2, -0.15) is 0 Å². The van der Waals surface area contributed by atoms with Crippen molar-refractivity contribution in [3.05, 3.63) is 118 Å². The molecule has 1 N–H and O–H groups in total. The number of ether oxygens (including phenoxy) is 1. The van der Waals surface area contributed by atoms with Crippen molar-refractivity contribution in [3.63, 3.8) is 0 Å². The van der Waals surface area contributed by atoms with E-state index in [1.54, 1.807) is 80.6 Å². The number of rotatable bonds is 13. The molecule has 0 spiro atoms. The summed E-state index contributed by atoms with van der Waals surface area (Å²) in [5.74, 6) is 0.176. The Bertz CT molecular complexity index is 1720. The van der Waals surface area contributed by atoms with Gasteiger partial charge in [-0.05, 0) is 86.5 Å². The lowest BCUT2D eigenvalue weighted by atomic mass is 10.1. The SMILES string of the molecule is CCNC(=O)C(CC)N(Cc1ccc(Cl)cc1Cl)C(=O)CN(c1ccc(Oc2ccccc2)cc1)S(=O)(=O)c1ccc(C)cc1. The fourth-order valence-electron chi connectivity index (χ4n) is 4.72. The molecule has 0 saturated heterocycles. The highest BCUT2D eigenvalue weighted by Gasteiger charge is 2.34. The Balaban J connectivity index is 1.74. The normalized spacial score (nSPS) is 11.8. The third-order valence-corrected chi connectivity index (χ3v) is 9.46. The molecule has 4 aromatic rings. The molecule has 1 atom stereocenters. The molecular weight excluding hydrogens is 633 g/mol. The van der Waals surface area contributed by atoms with Gasteiger partial charge in [0, 0.05) is 23.1 Å². The topological polar surface area (TPSA) is 96.0 Å². The summed E-state index contributed by atoms with van der Waals surface area (Å²) in [5.41, 5.74) is 1.70. The summed E-state index contributed by atoms with van der Waals surface area (Å²) < 4.78 is 35.2. The number of hydrogen-bond acceptors (Lipinski definition) is 5. The summed E-state index contributed by atoms with van der Waals surface area (Å²) >= 11 is 12.6. The van der Waals surface area contributed by atoms with Crippen LogP contribution in [-0.2, 0) is 26.2 Å². The van der Waals surface area contributed by atoms with E-state index in [0.717, 1.165) is 9.87 Å². The second-order valence-electron chi connectivity index (χ2n) is 10.3. The Labute approximate surface area is 274 Å². The van der Waals surface area contributed by atoms with Gasteiger partial charge >= 0.3 is 0 Å². The van der Waals surface area contributed by atoms with Gasteiger partial charge in [0.25, 0.3) is 10.0 Å². The zero-order valence-electron chi connectivity index (χ0n) is 25.2. The van der Waals surface area contributed by atoms with Crippen molar-refractivity contribution in [1.82, 2.24) is 10.2 Å². The number of para-hydroxylation sites is 1. The number of hydrogen-bond donors (Lipinski definition) is 1. The smallest absolute Gasteiger partial charge is 0.264 e. The highest BCUT2D eigenvalue weighted by molar-refractivity contribution is 7.92. The molecule has 11 heteroatoms. The van der Waals surface area contributed by atoms with Crippen LogP contribution in [0, 0.1) is 6.92 Å². The molecular formula is C34H35Cl2N3O5S. The molecule has 0 fully saturated rings. The number of aryl methyl sites for hydroxylation is 1. The van der Waals surface area contributed by atoms with E-state index in [-0.39, 0.29) is 23.0 Å². The zero-order chi connectivity index (χ0) is 32.6. The molecule has 0 aliphatic carbocycles. The molecule has 236 valence electrons. The minimum Gasteiger partial charge on any atom is -0.457 e. The second kappa shape index (κ2) is 15.3. The number of likely N-dealkylation sites (N-methyl/N-ethyl adjacent to an activating group) is 1. The van der Waals surface area contributed by atoms with Crippen molar-refractivity contribution in [3.8, 4) is 11.5 Å². The molecule has 0 radical (unpaired) electrons. The van der Waals surface area contributed by atoms with Gasteiger partial charge in [-0.15, -0.1) is 0 Å². The Morgan fingerprint density at radius 1 is 0.867 bits per heavy atom. The number of anilines is 1. The molecule has 0 aliphatic rings. The van der Waals surface area contributed by atoms with Gasteiger partial charge in [0.15, 0.2) is 0 Å². The molecule has 1 unspecified atom stereocenters. The largest absolute Gasteiger partial charge is 0.457 e. The van der Waals surface area contributed by atoms with Crippen LogP contribution in [0.3, 0.4) is 0 Å². The first-order valence-electron chi connectivity index (χ1n) is 14.5. The van der Waals surface area contributed by atoms with Crippen molar-refractivity contribution in [2.75, 3.05) is 17.4 Å². The fourth-order valence-corrected chi connectivity index (χ4v) is 6.60. The molecule has 0 bridgehead atoms. The summed E-state index contributed by atoms with van der Waals surface area (Å²) in [7, 11) is -4.22. The highest BCUT2D eigenvalue weighted by Crippen LogP contribution is 2.29. The standard InChI is InChI=1S/C34H35Cl2N3O5S/c1-4-32(34(41)37-5-2)38(22-25-13-14-26(35)21-31(25)36)33(40)23-39(45(42,43)30-19-11-24(3)12-20-30)27-15-17-29(18-16-27)44-28-9-7-6-8-10-28/h6-21,32H,4-5,22-23H2,1-3H3,(H,37,41). The summed E-state index contributed by atoms with van der Waals surface area (Å²) in [4.78, 5) is 28.7. The predicted molar refractivity (Wildman–Crippen MR) is 178 cm³/mol. The van der Waals surface area contributed by atoms with Crippen LogP contribution < -0.4 is 14.4 Å². The third-order valence-electron chi connectivity index (χ3n) is 7.08. The monoisotopic (exact) mass is 667 g/mol. The fraction of sp³-hybridized carbons (Fsp3) is 0.235. The van der Waals surface area contributed by atoms with Gasteiger partial charge in [-0.25, -0.2) is 8.42 Å². The molecule has 4 rings (SSSR count). The first-order chi connectivity index (χ1) is 21.5. The van der Waals surface area contributed by atoms with Crippen molar-refractivity contribution in [2.45, 2.75) is 44.7 Å². The minimum atomic E-state index is -4.22. The number of sulfonamides is 1. The maximum Gasteiger partial charge on any atom is 0.264 e. The van der Waals surface area contributed by atoms with E-state index < -0.39 is 28.5 Å². The molecule has 2 amide bonds. The lowest BCUT2D eigenvalue weighted by Gasteiger charge is -2.33. The average Bonchev–Trinajstić information content (AvgIpc) is 3.02. The van der Waals surface area contributed by atoms with Gasteiger partial charge in [0.05, 0.1) is 10.6 Å². The van der Waals surface area contributed by atoms with E-state index in [4.69, 9.17) is 27.9 Å². The van der Waals surface area contributed by atoms with Crippen LogP contribution in [0.4, 0.5) is 5.69 Å². The Kier molecular flexibility index (Phi) is 11.5. The van der Waals surface area contributed by atoms with Crippen LogP contribution in [0.2, 0.25) is 10.0 Å². The van der Waals surface area contributed by atoms with Crippen LogP contribution in [0.5, 0.6) is 11.5 Å². The molecule has 8 nitrogen and oxygen atoms in total. The van der Waals surface area contributed by atoms with E-state index in [9.17, 15) is 18.0 Å². The minimum absolute atomic E-state index is 0.0218. The van der Waals surface area contributed by atoms with Crippen LogP contribution in [0.25, 0.3) is 0 Å². The number of carbonyl (C=O) groups excluding carboxylic acids is 2. The lowest BCUT2D eigenvalue weighted by molar-refractivity contribution is -0.140. The Morgan fingerprint density at radius 3 is 2.11 bits per heavy atom. The van der Waals surface area contributed by atoms with Crippen molar-refractivity contribution >= 4 is 50.7 Å². The van der Waals surface area contributed by atoms with Gasteiger partial charge < -0.3 is 15.0 Å². The maximum absolute atomic E-state index is 14.2. The predicted octanol–water partition coefficient (Wildman–Crippen LogP) is 7.23. The molecule has 0 heterocycles. The van der Waals surface area contributed by atoms with Crippen LogP contribution in [0.15, 0.2) is 102 Å². The zero-order valence-corrected chi connectivity index (χ0v) is 27.6. The highest BCUT2D eigenvalue weighted by atomic mass is 35.5. The number of nitrogens with one attached hydrogen (secondary N) is 1. The second-order valence-corrected chi connectivity index (χ2v) is 13.0. The summed E-state index contributed by atoms with van der Waals surface area (Å²) in [6, 6.07) is 26.0. The van der Waals surface area contributed by atoms with Crippen LogP contribution in [0.1, 0.15) is 31.4 Å². The van der Waals surface area contributed by atoms with Crippen LogP contribution in [-0.4, -0.2) is 44.3 Å². The number of nitrogens with zero attached hydrogens (tertiary/aromatic N) is 2. The van der Waals surface area contributed by atoms with Gasteiger partial charge in [-0.3, -0.25) is 13.9 Å². The summed E-state index contributed by atoms with van der Waals surface area (Å²) in [6.07, 6.45) is 0.291. The number of amides is 2. The van der Waals surface area contributed by atoms with Crippen LogP contribution >= 0.6 is 23.2 Å². The molecule has 0 saturated carbocycles. The summed E-state index contributed by atoms with van der Waals surface area (Å²) in [5, 5.41) is 3.53. The molecule has 0 aliphatic heterocycles. The Hall–Kier alpha value is -4.05. The summed E-state index contributed by atoms with van der Waals surface area (Å²) in [6.45, 7) is 5.19. The maximum atomic E-state index is 14.2. The average molecular weight is 669 g/mol.